The van der Waals surface area contributed by atoms with Gasteiger partial charge in [-0.1, -0.05) is 0 Å². The first kappa shape index (κ1) is 88.6. The van der Waals surface area contributed by atoms with Crippen molar-refractivity contribution >= 4 is 107 Å². The van der Waals surface area contributed by atoms with Gasteiger partial charge in [0.25, 0.3) is 0 Å². The normalized spacial score (nSPS) is 13.3. The SMILES string of the molecule is NC(N)=NCCC[C@@H](N)C(=O)N[C@@H](CCCN=C(N)N)C(=O)N[C@@H](CCCN=C(N)N)C(=O)N[C@@H](CCCN=C(N)N)C(=O)N[C@@H](CCCN=C(N)N)C(=O)N[C@@H](CCCN=C(N)N)C(=O)N[C@@H](CCCN=C(N)N)C(=O)N[C@@H](CCCN=C(N)N)C(=O)N[C@H](CCCN=C(N)N)C(=O)O. The first-order valence-corrected chi connectivity index (χ1v) is 32.0. The van der Waals surface area contributed by atoms with Crippen molar-refractivity contribution in [2.75, 3.05) is 58.9 Å². The molecule has 0 spiro atoms. The number of amides is 8. The van der Waals surface area contributed by atoms with Crippen molar-refractivity contribution in [3.05, 3.63) is 0 Å². The van der Waals surface area contributed by atoms with E-state index in [1.807, 2.05) is 0 Å². The number of carboxylic acid groups (broad SMARTS) is 1. The van der Waals surface area contributed by atoms with Crippen LogP contribution >= 0.6 is 0 Å². The van der Waals surface area contributed by atoms with Crippen molar-refractivity contribution in [2.45, 2.75) is 170 Å². The number of hydrogen-bond acceptors (Lipinski definition) is 19. The van der Waals surface area contributed by atoms with Crippen LogP contribution in [0.15, 0.2) is 44.9 Å². The Balaban J connectivity index is 7.75. The summed E-state index contributed by atoms with van der Waals surface area (Å²) in [5.74, 6) is -11.2. The van der Waals surface area contributed by atoms with E-state index in [0.29, 0.717) is 6.42 Å². The topological polar surface area (TPSA) is 876 Å². The average Bonchev–Trinajstić information content (AvgIpc) is 0.866. The summed E-state index contributed by atoms with van der Waals surface area (Å²) in [5.41, 5.74) is 106. The number of hydrogen-bond donors (Lipinski definition) is 28. The Morgan fingerprint density at radius 2 is 0.350 bits per heavy atom. The molecule has 566 valence electrons. The summed E-state index contributed by atoms with van der Waals surface area (Å²) in [6.07, 6.45) is -0.458. The fourth-order valence-electron chi connectivity index (χ4n) is 9.00. The Morgan fingerprint density at radius 3 is 0.500 bits per heavy atom. The summed E-state index contributed by atoms with van der Waals surface area (Å²) in [6.45, 7) is -0.0913. The number of carbonyl (C=O) groups excluding carboxylic acids is 8. The van der Waals surface area contributed by atoms with Crippen molar-refractivity contribution < 1.29 is 48.3 Å². The minimum absolute atomic E-state index is 0.0134. The highest BCUT2D eigenvalue weighted by molar-refractivity contribution is 5.98. The number of nitrogens with two attached hydrogens (primary N) is 19. The zero-order chi connectivity index (χ0) is 75.7. The van der Waals surface area contributed by atoms with Crippen LogP contribution in [0.2, 0.25) is 0 Å². The number of guanidine groups is 9. The predicted octanol–water partition coefficient (Wildman–Crippen LogP) is -13.2. The zero-order valence-electron chi connectivity index (χ0n) is 56.4. The van der Waals surface area contributed by atoms with Gasteiger partial charge in [0.2, 0.25) is 47.3 Å². The van der Waals surface area contributed by atoms with E-state index in [2.05, 4.69) is 87.5 Å². The second-order valence-corrected chi connectivity index (χ2v) is 22.5. The average molecular weight is 1420 g/mol. The van der Waals surface area contributed by atoms with Gasteiger partial charge in [-0.25, -0.2) is 4.79 Å². The van der Waals surface area contributed by atoms with E-state index in [9.17, 15) is 48.3 Å². The minimum atomic E-state index is -1.57. The first-order valence-electron chi connectivity index (χ1n) is 32.0. The van der Waals surface area contributed by atoms with Crippen LogP contribution in [0.4, 0.5) is 0 Å². The highest BCUT2D eigenvalue weighted by Crippen LogP contribution is 2.12. The smallest absolute Gasteiger partial charge is 0.326 e. The molecule has 8 amide bonds. The molecular weight excluding hydrogens is 1310 g/mol. The van der Waals surface area contributed by atoms with Crippen LogP contribution in [0.5, 0.6) is 0 Å². The van der Waals surface area contributed by atoms with E-state index >= 15 is 0 Å². The monoisotopic (exact) mass is 1420 g/mol. The van der Waals surface area contributed by atoms with Gasteiger partial charge in [-0.3, -0.25) is 83.3 Å². The van der Waals surface area contributed by atoms with Gasteiger partial charge in [0.15, 0.2) is 53.6 Å². The van der Waals surface area contributed by atoms with Crippen LogP contribution in [-0.4, -0.2) is 225 Å². The summed E-state index contributed by atoms with van der Waals surface area (Å²) in [5, 5.41) is 30.8. The van der Waals surface area contributed by atoms with Gasteiger partial charge in [-0.05, 0) is 116 Å². The largest absolute Gasteiger partial charge is 0.480 e. The quantitative estimate of drug-likeness (QED) is 0.0153. The third kappa shape index (κ3) is 44.4. The lowest BCUT2D eigenvalue weighted by Crippen LogP contribution is -2.60. The summed E-state index contributed by atoms with van der Waals surface area (Å²) in [4.78, 5) is 163. The number of carbonyl (C=O) groups is 9. The van der Waals surface area contributed by atoms with Crippen LogP contribution in [0, 0.1) is 0 Å². The highest BCUT2D eigenvalue weighted by atomic mass is 16.4. The molecule has 0 aliphatic heterocycles. The van der Waals surface area contributed by atoms with Crippen molar-refractivity contribution in [3.8, 4) is 0 Å². The van der Waals surface area contributed by atoms with E-state index in [1.165, 1.54) is 0 Å². The van der Waals surface area contributed by atoms with Crippen molar-refractivity contribution in [1.82, 2.24) is 42.5 Å². The van der Waals surface area contributed by atoms with Gasteiger partial charge < -0.3 is 157 Å². The van der Waals surface area contributed by atoms with Crippen LogP contribution in [0.1, 0.15) is 116 Å². The third-order valence-corrected chi connectivity index (χ3v) is 13.9. The molecule has 0 aromatic carbocycles. The Hall–Kier alpha value is -11.4. The maximum atomic E-state index is 14.8. The van der Waals surface area contributed by atoms with Crippen LogP contribution in [0.3, 0.4) is 0 Å². The summed E-state index contributed by atoms with van der Waals surface area (Å²) in [7, 11) is 0. The maximum absolute atomic E-state index is 14.8. The Kier molecular flexibility index (Phi) is 45.1. The van der Waals surface area contributed by atoms with Gasteiger partial charge in [-0.2, -0.15) is 0 Å². The predicted molar refractivity (Wildman–Crippen MR) is 380 cm³/mol. The Bertz CT molecular complexity index is 2850. The van der Waals surface area contributed by atoms with Gasteiger partial charge >= 0.3 is 5.97 Å². The number of rotatable bonds is 53. The molecule has 0 heterocycles. The molecule has 0 saturated carbocycles. The van der Waals surface area contributed by atoms with E-state index in [-0.39, 0.29) is 222 Å². The van der Waals surface area contributed by atoms with E-state index in [4.69, 9.17) is 109 Å². The lowest BCUT2D eigenvalue weighted by atomic mass is 10.0. The van der Waals surface area contributed by atoms with E-state index in [0.717, 1.165) is 0 Å². The van der Waals surface area contributed by atoms with Gasteiger partial charge in [0, 0.05) is 58.9 Å². The van der Waals surface area contributed by atoms with E-state index in [1.54, 1.807) is 0 Å². The third-order valence-electron chi connectivity index (χ3n) is 13.9. The first-order chi connectivity index (χ1) is 47.1. The van der Waals surface area contributed by atoms with Crippen molar-refractivity contribution in [3.63, 3.8) is 0 Å². The summed E-state index contributed by atoms with van der Waals surface area (Å²) >= 11 is 0. The fourth-order valence-corrected chi connectivity index (χ4v) is 9.00. The zero-order valence-corrected chi connectivity index (χ0v) is 56.4. The Labute approximate surface area is 578 Å². The number of aliphatic imine (C=N–C) groups is 9. The molecular formula is C54H110N36O10. The molecule has 0 aliphatic rings. The van der Waals surface area contributed by atoms with Crippen LogP contribution in [0.25, 0.3) is 0 Å². The summed E-state index contributed by atoms with van der Waals surface area (Å²) < 4.78 is 0. The van der Waals surface area contributed by atoms with Crippen molar-refractivity contribution in [1.29, 1.82) is 0 Å². The van der Waals surface area contributed by atoms with Gasteiger partial charge in [-0.15, -0.1) is 0 Å². The van der Waals surface area contributed by atoms with Crippen molar-refractivity contribution in [2.24, 2.45) is 154 Å². The molecule has 100 heavy (non-hydrogen) atoms. The molecule has 0 unspecified atom stereocenters. The molecule has 0 rings (SSSR count). The van der Waals surface area contributed by atoms with Crippen LogP contribution < -0.4 is 151 Å². The van der Waals surface area contributed by atoms with Gasteiger partial charge in [0.05, 0.1) is 6.04 Å². The maximum Gasteiger partial charge on any atom is 0.326 e. The van der Waals surface area contributed by atoms with Gasteiger partial charge in [0.1, 0.15) is 48.3 Å². The standard InChI is InChI=1S/C54H110N36O10/c55-28(10-1-19-74-46(56)57)37(91)83-29(11-2-20-75-47(58)59)38(92)84-30(12-3-21-76-48(60)61)39(93)85-31(13-4-22-77-49(62)63)40(94)86-32(14-5-23-78-50(64)65)41(95)87-33(15-6-24-79-51(66)67)42(96)88-34(16-7-25-80-52(68)69)43(97)89-35(17-8-26-81-53(70)71)44(98)90-36(45(99)100)18-9-27-82-54(72)73/h28-36H,1-27,55H2,(H,83,91)(H,84,92)(H,85,93)(H,86,94)(H,87,95)(H,88,96)(H,89,97)(H,90,98)(H,99,100)(H4,56,57,74)(H4,58,59,75)(H4,60,61,76)(H4,62,63,77)(H4,64,65,78)(H4,66,67,79)(H4,68,69,80)(H4,70,71,81)(H4,72,73,82)/t28-,29+,30+,31+,32+,33+,34+,35+,36-/m1/s1. The molecule has 0 bridgehead atoms. The van der Waals surface area contributed by atoms with Crippen LogP contribution in [-0.2, 0) is 43.2 Å². The summed E-state index contributed by atoms with van der Waals surface area (Å²) in [6, 6.07) is -13.1. The number of nitrogens with zero attached hydrogens (tertiary/aromatic N) is 9. The van der Waals surface area contributed by atoms with E-state index < -0.39 is 108 Å². The molecule has 47 N–H and O–H groups in total. The molecule has 0 aliphatic carbocycles. The highest BCUT2D eigenvalue weighted by Gasteiger charge is 2.35. The second-order valence-electron chi connectivity index (χ2n) is 22.5. The molecule has 0 aromatic rings. The molecule has 46 heteroatoms. The molecule has 0 aromatic heterocycles. The lowest BCUT2D eigenvalue weighted by molar-refractivity contribution is -0.142. The lowest BCUT2D eigenvalue weighted by Gasteiger charge is -2.28. The fraction of sp³-hybridized carbons (Fsp3) is 0.667. The molecule has 9 atom stereocenters. The number of nitrogens with one attached hydrogen (secondary N) is 8. The Morgan fingerprint density at radius 1 is 0.220 bits per heavy atom. The minimum Gasteiger partial charge on any atom is -0.480 e. The number of carboxylic acids is 1. The number of aliphatic carboxylic acids is 1. The molecule has 0 radical (unpaired) electrons. The second kappa shape index (κ2) is 50.9. The molecule has 46 nitrogen and oxygen atoms in total. The molecule has 0 saturated heterocycles. The molecule has 0 fully saturated rings.